The van der Waals surface area contributed by atoms with Crippen LogP contribution in [0.15, 0.2) is 87.7 Å². The molecule has 2 aromatic rings. The molecule has 36 heavy (non-hydrogen) atoms. The maximum absolute atomic E-state index is 14.2. The molecule has 0 aromatic heterocycles. The second kappa shape index (κ2) is 10.6. The number of esters is 1. The van der Waals surface area contributed by atoms with Gasteiger partial charge in [-0.25, -0.2) is 14.6 Å². The minimum atomic E-state index is -2.00. The van der Waals surface area contributed by atoms with E-state index in [1.165, 1.54) is 4.90 Å². The van der Waals surface area contributed by atoms with Crippen molar-refractivity contribution in [2.24, 2.45) is 16.0 Å². The van der Waals surface area contributed by atoms with Gasteiger partial charge in [-0.15, -0.1) is 5.11 Å². The lowest BCUT2D eigenvalue weighted by atomic mass is 9.82. The molecule has 0 fully saturated rings. The number of hydrogen-bond acceptors (Lipinski definition) is 8. The van der Waals surface area contributed by atoms with E-state index in [1.807, 2.05) is 36.4 Å². The van der Waals surface area contributed by atoms with Crippen LogP contribution in [0.4, 0.5) is 0 Å². The van der Waals surface area contributed by atoms with Gasteiger partial charge in [0, 0.05) is 5.57 Å². The van der Waals surface area contributed by atoms with Gasteiger partial charge in [-0.1, -0.05) is 60.7 Å². The van der Waals surface area contributed by atoms with Crippen LogP contribution in [0.2, 0.25) is 0 Å². The van der Waals surface area contributed by atoms with Crippen LogP contribution in [-0.2, 0) is 35.4 Å². The highest BCUT2D eigenvalue weighted by Crippen LogP contribution is 2.49. The number of nitrogens with zero attached hydrogens (tertiary/aromatic N) is 3. The van der Waals surface area contributed by atoms with Crippen LogP contribution in [0.25, 0.3) is 5.70 Å². The van der Waals surface area contributed by atoms with Crippen LogP contribution in [0.1, 0.15) is 25.0 Å². The first-order valence-electron chi connectivity index (χ1n) is 11.5. The molecule has 2 amide bonds. The summed E-state index contributed by atoms with van der Waals surface area (Å²) in [6.45, 7) is 3.41. The zero-order valence-corrected chi connectivity index (χ0v) is 20.0. The van der Waals surface area contributed by atoms with Crippen molar-refractivity contribution >= 4 is 23.5 Å². The van der Waals surface area contributed by atoms with Gasteiger partial charge < -0.3 is 15.4 Å². The van der Waals surface area contributed by atoms with Gasteiger partial charge in [0.1, 0.15) is 6.61 Å². The molecule has 1 spiro atoms. The van der Waals surface area contributed by atoms with E-state index in [9.17, 15) is 14.4 Å². The fourth-order valence-electron chi connectivity index (χ4n) is 4.33. The Labute approximate surface area is 208 Å². The third kappa shape index (κ3) is 4.32. The summed E-state index contributed by atoms with van der Waals surface area (Å²) in [6, 6.07) is 18.2. The zero-order valence-electron chi connectivity index (χ0n) is 20.0. The highest BCUT2D eigenvalue weighted by Gasteiger charge is 2.61. The molecule has 1 atom stereocenters. The highest BCUT2D eigenvalue weighted by molar-refractivity contribution is 6.19. The lowest BCUT2D eigenvalue weighted by Gasteiger charge is -2.25. The molecule has 4 rings (SSSR count). The van der Waals surface area contributed by atoms with Crippen molar-refractivity contribution in [3.63, 3.8) is 0 Å². The third-order valence-electron chi connectivity index (χ3n) is 5.80. The summed E-state index contributed by atoms with van der Waals surface area (Å²) in [5.74, 6) is -2.26. The summed E-state index contributed by atoms with van der Waals surface area (Å²) in [5, 5.41) is 8.23. The molecule has 0 saturated heterocycles. The number of carbonyl (C=O) groups is 3. The molecule has 0 aliphatic carbocycles. The predicted octanol–water partition coefficient (Wildman–Crippen LogP) is 2.92. The summed E-state index contributed by atoms with van der Waals surface area (Å²) >= 11 is 0. The number of ether oxygens (including phenoxy) is 1. The molecule has 10 nitrogen and oxygen atoms in total. The second-order valence-corrected chi connectivity index (χ2v) is 7.96. The fourth-order valence-corrected chi connectivity index (χ4v) is 4.33. The first-order chi connectivity index (χ1) is 17.5. The summed E-state index contributed by atoms with van der Waals surface area (Å²) in [6.07, 6.45) is 0. The molecule has 0 radical (unpaired) electrons. The Morgan fingerprint density at radius 2 is 1.64 bits per heavy atom. The van der Waals surface area contributed by atoms with Gasteiger partial charge in [-0.2, -0.15) is 5.11 Å². The Morgan fingerprint density at radius 1 is 0.972 bits per heavy atom. The standard InChI is InChI=1S/C26H26N4O6/c1-3-34-24(32)21-19(16-36-35-4-2)26(29-28-21)20(23(27)31)22(18-13-9-6-10-14-18)30(25(26)33)15-17-11-7-5-8-12-17/h5-14H,3-4,15-16H2,1-2H3,(H2,27,31). The van der Waals surface area contributed by atoms with Crippen LogP contribution < -0.4 is 5.73 Å². The molecule has 10 heteroatoms. The molecule has 186 valence electrons. The normalized spacial score (nSPS) is 19.1. The minimum absolute atomic E-state index is 0.0252. The SMILES string of the molecule is CCOOCC1=C(C(=O)OCC)N=NC12C(=O)N(Cc1ccccc1)C(c1ccccc1)=C2C(N)=O. The van der Waals surface area contributed by atoms with Gasteiger partial charge in [0.15, 0.2) is 5.70 Å². The van der Waals surface area contributed by atoms with Crippen molar-refractivity contribution in [3.8, 4) is 0 Å². The maximum atomic E-state index is 14.2. The van der Waals surface area contributed by atoms with E-state index in [4.69, 9.17) is 20.2 Å². The number of primary amides is 1. The van der Waals surface area contributed by atoms with Gasteiger partial charge >= 0.3 is 5.97 Å². The number of nitrogens with two attached hydrogens (primary N) is 1. The largest absolute Gasteiger partial charge is 0.461 e. The molecule has 0 saturated carbocycles. The minimum Gasteiger partial charge on any atom is -0.461 e. The van der Waals surface area contributed by atoms with E-state index < -0.39 is 23.3 Å². The van der Waals surface area contributed by atoms with E-state index in [0.717, 1.165) is 5.56 Å². The molecule has 2 aliphatic heterocycles. The molecule has 2 N–H and O–H groups in total. The first kappa shape index (κ1) is 25.0. The average molecular weight is 491 g/mol. The smallest absolute Gasteiger partial charge is 0.359 e. The number of azo groups is 1. The van der Waals surface area contributed by atoms with E-state index in [2.05, 4.69) is 10.2 Å². The topological polar surface area (TPSA) is 133 Å². The first-order valence-corrected chi connectivity index (χ1v) is 11.5. The van der Waals surface area contributed by atoms with Crippen molar-refractivity contribution < 1.29 is 28.9 Å². The number of benzene rings is 2. The number of hydrogen-bond donors (Lipinski definition) is 1. The summed E-state index contributed by atoms with van der Waals surface area (Å²) < 4.78 is 5.13. The predicted molar refractivity (Wildman–Crippen MR) is 128 cm³/mol. The maximum Gasteiger partial charge on any atom is 0.359 e. The molecule has 2 heterocycles. The molecule has 2 aromatic carbocycles. The van der Waals surface area contributed by atoms with Crippen LogP contribution in [0.3, 0.4) is 0 Å². The van der Waals surface area contributed by atoms with E-state index in [0.29, 0.717) is 5.56 Å². The number of carbonyl (C=O) groups excluding carboxylic acids is 3. The second-order valence-electron chi connectivity index (χ2n) is 7.96. The van der Waals surface area contributed by atoms with Gasteiger partial charge in [0.25, 0.3) is 5.91 Å². The monoisotopic (exact) mass is 490 g/mol. The number of rotatable bonds is 10. The van der Waals surface area contributed by atoms with E-state index in [-0.39, 0.29) is 48.9 Å². The summed E-state index contributed by atoms with van der Waals surface area (Å²) in [7, 11) is 0. The lowest BCUT2D eigenvalue weighted by molar-refractivity contribution is -0.285. The average Bonchev–Trinajstić information content (AvgIpc) is 3.37. The molecular formula is C26H26N4O6. The van der Waals surface area contributed by atoms with Crippen LogP contribution in [0, 0.1) is 0 Å². The Bertz CT molecular complexity index is 1260. The quantitative estimate of drug-likeness (QED) is 0.236. The van der Waals surface area contributed by atoms with E-state index >= 15 is 0 Å². The summed E-state index contributed by atoms with van der Waals surface area (Å²) in [4.78, 5) is 51.8. The van der Waals surface area contributed by atoms with E-state index in [1.54, 1.807) is 38.1 Å². The van der Waals surface area contributed by atoms with Crippen LogP contribution in [0.5, 0.6) is 0 Å². The Morgan fingerprint density at radius 3 is 2.25 bits per heavy atom. The van der Waals surface area contributed by atoms with Crippen LogP contribution >= 0.6 is 0 Å². The lowest BCUT2D eigenvalue weighted by Crippen LogP contribution is -2.45. The Kier molecular flexibility index (Phi) is 7.37. The Hall–Kier alpha value is -4.15. The van der Waals surface area contributed by atoms with Crippen molar-refractivity contribution in [3.05, 3.63) is 88.6 Å². The van der Waals surface area contributed by atoms with Gasteiger partial charge in [-0.05, 0) is 25.0 Å². The van der Waals surface area contributed by atoms with Gasteiger partial charge in [0.2, 0.25) is 11.4 Å². The third-order valence-corrected chi connectivity index (χ3v) is 5.80. The number of amides is 2. The van der Waals surface area contributed by atoms with Crippen molar-refractivity contribution in [1.29, 1.82) is 0 Å². The molecular weight excluding hydrogens is 464 g/mol. The van der Waals surface area contributed by atoms with Gasteiger partial charge in [-0.3, -0.25) is 9.59 Å². The molecule has 2 aliphatic rings. The van der Waals surface area contributed by atoms with Gasteiger partial charge in [0.05, 0.1) is 31.0 Å². The van der Waals surface area contributed by atoms with Crippen LogP contribution in [-0.4, -0.2) is 48.0 Å². The summed E-state index contributed by atoms with van der Waals surface area (Å²) in [5.41, 5.74) is 5.29. The Balaban J connectivity index is 1.96. The molecule has 0 bridgehead atoms. The zero-order chi connectivity index (χ0) is 25.7. The molecule has 1 unspecified atom stereocenters. The van der Waals surface area contributed by atoms with Crippen molar-refractivity contribution in [2.45, 2.75) is 25.9 Å². The van der Waals surface area contributed by atoms with Crippen molar-refractivity contribution in [1.82, 2.24) is 4.90 Å². The highest BCUT2D eigenvalue weighted by atomic mass is 17.2. The van der Waals surface area contributed by atoms with Crippen molar-refractivity contribution in [2.75, 3.05) is 19.8 Å². The fraction of sp³-hybridized carbons (Fsp3) is 0.269.